The molecule has 0 unspecified atom stereocenters. The highest BCUT2D eigenvalue weighted by molar-refractivity contribution is 9.10. The Morgan fingerprint density at radius 1 is 0.862 bits per heavy atom. The second-order valence-electron chi connectivity index (χ2n) is 6.06. The predicted octanol–water partition coefficient (Wildman–Crippen LogP) is 5.56. The number of para-hydroxylation sites is 1. The molecule has 0 aliphatic heterocycles. The summed E-state index contributed by atoms with van der Waals surface area (Å²) in [4.78, 5) is 12.6. The van der Waals surface area contributed by atoms with Crippen molar-refractivity contribution in [1.29, 1.82) is 0 Å². The number of ether oxygens (including phenoxy) is 3. The first-order chi connectivity index (χ1) is 14.2. The molecule has 1 amide bonds. The van der Waals surface area contributed by atoms with Crippen LogP contribution in [-0.4, -0.2) is 25.7 Å². The Bertz CT molecular complexity index is 929. The molecular weight excluding hydrogens is 434 g/mol. The third-order valence-corrected chi connectivity index (χ3v) is 4.46. The summed E-state index contributed by atoms with van der Waals surface area (Å²) in [5.41, 5.74) is 1.14. The molecule has 3 aromatic rings. The lowest BCUT2D eigenvalue weighted by atomic mass is 10.2. The normalized spacial score (nSPS) is 10.3. The van der Waals surface area contributed by atoms with Gasteiger partial charge in [0.2, 0.25) is 0 Å². The van der Waals surface area contributed by atoms with Crippen LogP contribution in [0.3, 0.4) is 0 Å². The Morgan fingerprint density at radius 2 is 1.52 bits per heavy atom. The first-order valence-electron chi connectivity index (χ1n) is 9.30. The number of amides is 1. The average Bonchev–Trinajstić information content (AvgIpc) is 2.74. The van der Waals surface area contributed by atoms with Gasteiger partial charge in [0.1, 0.15) is 30.5 Å². The Balaban J connectivity index is 1.52. The quantitative estimate of drug-likeness (QED) is 0.429. The molecule has 0 radical (unpaired) electrons. The fourth-order valence-corrected chi connectivity index (χ4v) is 2.99. The van der Waals surface area contributed by atoms with Crippen LogP contribution in [0.5, 0.6) is 17.2 Å². The summed E-state index contributed by atoms with van der Waals surface area (Å²) >= 11 is 3.39. The predicted molar refractivity (Wildman–Crippen MR) is 117 cm³/mol. The number of carbonyl (C=O) groups is 1. The van der Waals surface area contributed by atoms with Gasteiger partial charge in [-0.2, -0.15) is 0 Å². The molecule has 0 fully saturated rings. The standard InChI is InChI=1S/C23H22BrNO4/c1-2-27-22-13-8-17(24)16-21(22)23(26)25-18-9-11-20(12-10-18)29-15-14-28-19-6-4-3-5-7-19/h3-13,16H,2,14-15H2,1H3,(H,25,26). The SMILES string of the molecule is CCOc1ccc(Br)cc1C(=O)Nc1ccc(OCCOc2ccccc2)cc1. The van der Waals surface area contributed by atoms with Gasteiger partial charge in [-0.15, -0.1) is 0 Å². The molecule has 0 spiro atoms. The van der Waals surface area contributed by atoms with Gasteiger partial charge in [-0.05, 0) is 61.5 Å². The van der Waals surface area contributed by atoms with E-state index < -0.39 is 0 Å². The van der Waals surface area contributed by atoms with Crippen molar-refractivity contribution in [2.75, 3.05) is 25.1 Å². The van der Waals surface area contributed by atoms with E-state index in [0.29, 0.717) is 42.6 Å². The maximum Gasteiger partial charge on any atom is 0.259 e. The van der Waals surface area contributed by atoms with E-state index in [1.165, 1.54) is 0 Å². The van der Waals surface area contributed by atoms with Crippen molar-refractivity contribution < 1.29 is 19.0 Å². The smallest absolute Gasteiger partial charge is 0.259 e. The highest BCUT2D eigenvalue weighted by Gasteiger charge is 2.13. The number of rotatable bonds is 9. The maximum absolute atomic E-state index is 12.6. The van der Waals surface area contributed by atoms with Crippen LogP contribution in [0.25, 0.3) is 0 Å². The van der Waals surface area contributed by atoms with E-state index in [2.05, 4.69) is 21.2 Å². The topological polar surface area (TPSA) is 56.8 Å². The van der Waals surface area contributed by atoms with E-state index in [-0.39, 0.29) is 5.91 Å². The Morgan fingerprint density at radius 3 is 2.17 bits per heavy atom. The minimum atomic E-state index is -0.236. The van der Waals surface area contributed by atoms with Crippen LogP contribution < -0.4 is 19.5 Å². The van der Waals surface area contributed by atoms with Gasteiger partial charge >= 0.3 is 0 Å². The van der Waals surface area contributed by atoms with Gasteiger partial charge in [-0.1, -0.05) is 34.1 Å². The van der Waals surface area contributed by atoms with Crippen molar-refractivity contribution in [3.63, 3.8) is 0 Å². The number of carbonyl (C=O) groups excluding carboxylic acids is 1. The molecule has 0 aromatic heterocycles. The summed E-state index contributed by atoms with van der Waals surface area (Å²) in [6, 6.07) is 22.2. The number of halogens is 1. The van der Waals surface area contributed by atoms with Gasteiger partial charge in [0.25, 0.3) is 5.91 Å². The van der Waals surface area contributed by atoms with Crippen molar-refractivity contribution in [1.82, 2.24) is 0 Å². The zero-order chi connectivity index (χ0) is 20.5. The summed E-state index contributed by atoms with van der Waals surface area (Å²) < 4.78 is 17.6. The van der Waals surface area contributed by atoms with Crippen LogP contribution in [0.1, 0.15) is 17.3 Å². The van der Waals surface area contributed by atoms with E-state index >= 15 is 0 Å². The van der Waals surface area contributed by atoms with Crippen molar-refractivity contribution in [2.24, 2.45) is 0 Å². The molecule has 0 aliphatic rings. The molecule has 0 bridgehead atoms. The van der Waals surface area contributed by atoms with E-state index in [4.69, 9.17) is 14.2 Å². The van der Waals surface area contributed by atoms with Gasteiger partial charge in [0.05, 0.1) is 12.2 Å². The molecule has 1 N–H and O–H groups in total. The summed E-state index contributed by atoms with van der Waals surface area (Å²) in [5.74, 6) is 1.83. The van der Waals surface area contributed by atoms with Gasteiger partial charge < -0.3 is 19.5 Å². The third-order valence-electron chi connectivity index (χ3n) is 3.96. The lowest BCUT2D eigenvalue weighted by Gasteiger charge is -2.12. The second kappa shape index (κ2) is 10.5. The molecule has 0 heterocycles. The summed E-state index contributed by atoms with van der Waals surface area (Å²) in [6.07, 6.45) is 0. The highest BCUT2D eigenvalue weighted by atomic mass is 79.9. The molecule has 0 saturated heterocycles. The zero-order valence-electron chi connectivity index (χ0n) is 16.1. The van der Waals surface area contributed by atoms with E-state index in [0.717, 1.165) is 10.2 Å². The molecule has 6 heteroatoms. The highest BCUT2D eigenvalue weighted by Crippen LogP contribution is 2.25. The maximum atomic E-state index is 12.6. The van der Waals surface area contributed by atoms with Gasteiger partial charge in [-0.25, -0.2) is 0 Å². The van der Waals surface area contributed by atoms with E-state index in [1.54, 1.807) is 24.3 Å². The van der Waals surface area contributed by atoms with Crippen LogP contribution in [0.2, 0.25) is 0 Å². The minimum Gasteiger partial charge on any atom is -0.493 e. The van der Waals surface area contributed by atoms with Gasteiger partial charge in [0.15, 0.2) is 0 Å². The molecule has 0 saturated carbocycles. The Labute approximate surface area is 178 Å². The molecule has 3 rings (SSSR count). The van der Waals surface area contributed by atoms with Crippen LogP contribution in [0, 0.1) is 0 Å². The number of anilines is 1. The van der Waals surface area contributed by atoms with Crippen molar-refractivity contribution in [3.8, 4) is 17.2 Å². The monoisotopic (exact) mass is 455 g/mol. The molecule has 150 valence electrons. The Hall–Kier alpha value is -2.99. The third kappa shape index (κ3) is 6.26. The first-order valence-corrected chi connectivity index (χ1v) is 10.1. The van der Waals surface area contributed by atoms with E-state index in [1.807, 2.05) is 55.5 Å². The van der Waals surface area contributed by atoms with E-state index in [9.17, 15) is 4.79 Å². The van der Waals surface area contributed by atoms with Gasteiger partial charge in [0, 0.05) is 10.2 Å². The first kappa shape index (κ1) is 20.7. The fourth-order valence-electron chi connectivity index (χ4n) is 2.63. The fraction of sp³-hybridized carbons (Fsp3) is 0.174. The van der Waals surface area contributed by atoms with Crippen molar-refractivity contribution >= 4 is 27.5 Å². The Kier molecular flexibility index (Phi) is 7.53. The zero-order valence-corrected chi connectivity index (χ0v) is 17.6. The van der Waals surface area contributed by atoms with Crippen LogP contribution in [-0.2, 0) is 0 Å². The summed E-state index contributed by atoms with van der Waals surface area (Å²) in [7, 11) is 0. The van der Waals surface area contributed by atoms with Gasteiger partial charge in [-0.3, -0.25) is 4.79 Å². The lowest BCUT2D eigenvalue weighted by Crippen LogP contribution is -2.14. The van der Waals surface area contributed by atoms with Crippen molar-refractivity contribution in [3.05, 3.63) is 82.8 Å². The summed E-state index contributed by atoms with van der Waals surface area (Å²) in [5, 5.41) is 2.88. The van der Waals surface area contributed by atoms with Crippen LogP contribution >= 0.6 is 15.9 Å². The summed E-state index contributed by atoms with van der Waals surface area (Å²) in [6.45, 7) is 3.25. The van der Waals surface area contributed by atoms with Crippen LogP contribution in [0.4, 0.5) is 5.69 Å². The lowest BCUT2D eigenvalue weighted by molar-refractivity contribution is 0.102. The molecule has 5 nitrogen and oxygen atoms in total. The molecule has 0 aliphatic carbocycles. The number of hydrogen-bond donors (Lipinski definition) is 1. The minimum absolute atomic E-state index is 0.236. The molecule has 3 aromatic carbocycles. The molecule has 29 heavy (non-hydrogen) atoms. The number of hydrogen-bond acceptors (Lipinski definition) is 4. The largest absolute Gasteiger partial charge is 0.493 e. The van der Waals surface area contributed by atoms with Crippen molar-refractivity contribution in [2.45, 2.75) is 6.92 Å². The molecule has 0 atom stereocenters. The molecular formula is C23H22BrNO4. The number of benzene rings is 3. The number of nitrogens with one attached hydrogen (secondary N) is 1. The average molecular weight is 456 g/mol. The second-order valence-corrected chi connectivity index (χ2v) is 6.98. The van der Waals surface area contributed by atoms with Crippen LogP contribution in [0.15, 0.2) is 77.3 Å².